The zero-order chi connectivity index (χ0) is 15.4. The third-order valence-corrected chi connectivity index (χ3v) is 4.96. The van der Waals surface area contributed by atoms with Crippen molar-refractivity contribution >= 4 is 15.9 Å². The second-order valence-electron chi connectivity index (χ2n) is 5.79. The maximum Gasteiger partial charge on any atom is 0.0587 e. The topological polar surface area (TPSA) is 12.0 Å². The van der Waals surface area contributed by atoms with E-state index in [0.717, 1.165) is 6.54 Å². The van der Waals surface area contributed by atoms with Crippen molar-refractivity contribution in [2.24, 2.45) is 0 Å². The van der Waals surface area contributed by atoms with E-state index in [9.17, 15) is 0 Å². The van der Waals surface area contributed by atoms with E-state index in [2.05, 4.69) is 91.4 Å². The van der Waals surface area contributed by atoms with Gasteiger partial charge in [0.2, 0.25) is 0 Å². The summed E-state index contributed by atoms with van der Waals surface area (Å²) in [6, 6.07) is 15.7. The molecular formula is C19H24BrN. The molecule has 0 amide bonds. The number of aryl methyl sites for hydroxylation is 1. The van der Waals surface area contributed by atoms with Gasteiger partial charge >= 0.3 is 0 Å². The smallest absolute Gasteiger partial charge is 0.0587 e. The Morgan fingerprint density at radius 2 is 1.62 bits per heavy atom. The van der Waals surface area contributed by atoms with Crippen molar-refractivity contribution in [2.45, 2.75) is 39.7 Å². The van der Waals surface area contributed by atoms with Crippen molar-refractivity contribution < 1.29 is 0 Å². The van der Waals surface area contributed by atoms with E-state index in [4.69, 9.17) is 0 Å². The lowest BCUT2D eigenvalue weighted by Gasteiger charge is -2.22. The molecule has 2 aromatic carbocycles. The molecule has 0 radical (unpaired) electrons. The molecule has 0 bridgehead atoms. The Bertz CT molecular complexity index is 587. The lowest BCUT2D eigenvalue weighted by atomic mass is 9.94. The van der Waals surface area contributed by atoms with Gasteiger partial charge < -0.3 is 5.32 Å². The third kappa shape index (κ3) is 3.75. The molecule has 0 aliphatic heterocycles. The van der Waals surface area contributed by atoms with Crippen LogP contribution >= 0.6 is 15.9 Å². The number of halogens is 1. The SMILES string of the molecule is CCNC(c1ccc(C(C)C)cc1)c1cccc(C)c1Br. The summed E-state index contributed by atoms with van der Waals surface area (Å²) in [4.78, 5) is 0. The molecule has 0 fully saturated rings. The largest absolute Gasteiger partial charge is 0.306 e. The van der Waals surface area contributed by atoms with Crippen LogP contribution in [-0.2, 0) is 0 Å². The van der Waals surface area contributed by atoms with Crippen molar-refractivity contribution in [3.05, 3.63) is 69.2 Å². The van der Waals surface area contributed by atoms with Crippen molar-refractivity contribution in [2.75, 3.05) is 6.54 Å². The minimum absolute atomic E-state index is 0.227. The van der Waals surface area contributed by atoms with Crippen molar-refractivity contribution in [3.8, 4) is 0 Å². The standard InChI is InChI=1S/C19H24BrN/c1-5-21-19(17-8-6-7-14(4)18(17)20)16-11-9-15(10-12-16)13(2)3/h6-13,19,21H,5H2,1-4H3. The molecule has 0 aliphatic rings. The second kappa shape index (κ2) is 7.24. The first-order valence-corrected chi connectivity index (χ1v) is 8.42. The zero-order valence-corrected chi connectivity index (χ0v) is 14.9. The summed E-state index contributed by atoms with van der Waals surface area (Å²) in [5.74, 6) is 0.572. The number of benzene rings is 2. The van der Waals surface area contributed by atoms with Crippen LogP contribution in [0.15, 0.2) is 46.9 Å². The molecule has 0 saturated carbocycles. The highest BCUT2D eigenvalue weighted by molar-refractivity contribution is 9.10. The highest BCUT2D eigenvalue weighted by Crippen LogP contribution is 2.31. The van der Waals surface area contributed by atoms with Crippen molar-refractivity contribution in [1.29, 1.82) is 0 Å². The predicted molar refractivity (Wildman–Crippen MR) is 94.9 cm³/mol. The number of hydrogen-bond donors (Lipinski definition) is 1. The van der Waals surface area contributed by atoms with E-state index in [1.54, 1.807) is 0 Å². The van der Waals surface area contributed by atoms with Gasteiger partial charge in [-0.1, -0.05) is 79.2 Å². The van der Waals surface area contributed by atoms with Crippen LogP contribution in [0.2, 0.25) is 0 Å². The summed E-state index contributed by atoms with van der Waals surface area (Å²) >= 11 is 3.75. The molecule has 0 aromatic heterocycles. The first-order valence-electron chi connectivity index (χ1n) is 7.62. The molecule has 2 aromatic rings. The van der Waals surface area contributed by atoms with Crippen LogP contribution in [0.1, 0.15) is 55.0 Å². The van der Waals surface area contributed by atoms with Crippen LogP contribution in [0, 0.1) is 6.92 Å². The van der Waals surface area contributed by atoms with Crippen molar-refractivity contribution in [3.63, 3.8) is 0 Å². The molecule has 1 unspecified atom stereocenters. The van der Waals surface area contributed by atoms with Crippen LogP contribution in [0.5, 0.6) is 0 Å². The molecule has 2 heteroatoms. The summed E-state index contributed by atoms with van der Waals surface area (Å²) in [6.07, 6.45) is 0. The summed E-state index contributed by atoms with van der Waals surface area (Å²) in [5, 5.41) is 3.60. The van der Waals surface area contributed by atoms with E-state index in [0.29, 0.717) is 5.92 Å². The summed E-state index contributed by atoms with van der Waals surface area (Å²) in [7, 11) is 0. The van der Waals surface area contributed by atoms with E-state index >= 15 is 0 Å². The van der Waals surface area contributed by atoms with Crippen LogP contribution in [0.25, 0.3) is 0 Å². The Morgan fingerprint density at radius 3 is 2.19 bits per heavy atom. The minimum Gasteiger partial charge on any atom is -0.306 e. The van der Waals surface area contributed by atoms with Crippen molar-refractivity contribution in [1.82, 2.24) is 5.32 Å². The molecule has 1 nitrogen and oxygen atoms in total. The Kier molecular flexibility index (Phi) is 5.60. The highest BCUT2D eigenvalue weighted by atomic mass is 79.9. The number of rotatable bonds is 5. The molecule has 2 rings (SSSR count). The first kappa shape index (κ1) is 16.3. The fourth-order valence-corrected chi connectivity index (χ4v) is 3.07. The first-order chi connectivity index (χ1) is 10.0. The summed E-state index contributed by atoms with van der Waals surface area (Å²) < 4.78 is 1.20. The van der Waals surface area contributed by atoms with Crippen LogP contribution in [0.4, 0.5) is 0 Å². The number of hydrogen-bond acceptors (Lipinski definition) is 1. The Hall–Kier alpha value is -1.12. The summed E-state index contributed by atoms with van der Waals surface area (Å²) in [6.45, 7) is 9.69. The van der Waals surface area contributed by atoms with Gasteiger partial charge in [0, 0.05) is 4.47 Å². The molecule has 1 atom stereocenters. The molecule has 1 N–H and O–H groups in total. The molecule has 0 aliphatic carbocycles. The van der Waals surface area contributed by atoms with Gasteiger partial charge in [0.05, 0.1) is 6.04 Å². The molecule has 112 valence electrons. The van der Waals surface area contributed by atoms with E-state index in [-0.39, 0.29) is 6.04 Å². The highest BCUT2D eigenvalue weighted by Gasteiger charge is 2.16. The van der Waals surface area contributed by atoms with Crippen LogP contribution < -0.4 is 5.32 Å². The summed E-state index contributed by atoms with van der Waals surface area (Å²) in [5.41, 5.74) is 5.27. The Balaban J connectivity index is 2.41. The van der Waals surface area contributed by atoms with Gasteiger partial charge in [-0.2, -0.15) is 0 Å². The molecular weight excluding hydrogens is 322 g/mol. The van der Waals surface area contributed by atoms with Gasteiger partial charge in [0.15, 0.2) is 0 Å². The maximum atomic E-state index is 3.75. The average molecular weight is 346 g/mol. The average Bonchev–Trinajstić information content (AvgIpc) is 2.48. The van der Waals surface area contributed by atoms with E-state index < -0.39 is 0 Å². The quantitative estimate of drug-likeness (QED) is 0.745. The van der Waals surface area contributed by atoms with Gasteiger partial charge in [0.25, 0.3) is 0 Å². The number of nitrogens with one attached hydrogen (secondary N) is 1. The fourth-order valence-electron chi connectivity index (χ4n) is 2.58. The van der Waals surface area contributed by atoms with Crippen LogP contribution in [-0.4, -0.2) is 6.54 Å². The second-order valence-corrected chi connectivity index (χ2v) is 6.58. The van der Waals surface area contributed by atoms with Gasteiger partial charge in [-0.3, -0.25) is 0 Å². The van der Waals surface area contributed by atoms with Crippen LogP contribution in [0.3, 0.4) is 0 Å². The molecule has 0 heterocycles. The molecule has 0 spiro atoms. The lowest BCUT2D eigenvalue weighted by molar-refractivity contribution is 0.627. The Morgan fingerprint density at radius 1 is 1.00 bits per heavy atom. The zero-order valence-electron chi connectivity index (χ0n) is 13.3. The van der Waals surface area contributed by atoms with Gasteiger partial charge in [0.1, 0.15) is 0 Å². The van der Waals surface area contributed by atoms with Gasteiger partial charge in [-0.15, -0.1) is 0 Å². The fraction of sp³-hybridized carbons (Fsp3) is 0.368. The molecule has 0 saturated heterocycles. The lowest BCUT2D eigenvalue weighted by Crippen LogP contribution is -2.22. The predicted octanol–water partition coefficient (Wildman–Crippen LogP) is 5.58. The monoisotopic (exact) mass is 345 g/mol. The van der Waals surface area contributed by atoms with E-state index in [1.165, 1.54) is 26.7 Å². The normalized spacial score (nSPS) is 12.7. The third-order valence-electron chi connectivity index (χ3n) is 3.88. The minimum atomic E-state index is 0.227. The molecule has 21 heavy (non-hydrogen) atoms. The Labute approximate surface area is 136 Å². The maximum absolute atomic E-state index is 3.75. The van der Waals surface area contributed by atoms with Gasteiger partial charge in [-0.05, 0) is 41.6 Å². The van der Waals surface area contributed by atoms with Gasteiger partial charge in [-0.25, -0.2) is 0 Å². The van der Waals surface area contributed by atoms with E-state index in [1.807, 2.05) is 0 Å².